The summed E-state index contributed by atoms with van der Waals surface area (Å²) >= 11 is 0. The van der Waals surface area contributed by atoms with Gasteiger partial charge in [0.2, 0.25) is 0 Å². The number of hydrogen-bond acceptors (Lipinski definition) is 0. The molecule has 0 fully saturated rings. The zero-order chi connectivity index (χ0) is 30.7. The van der Waals surface area contributed by atoms with Crippen LogP contribution in [0.5, 0.6) is 0 Å². The van der Waals surface area contributed by atoms with Crippen molar-refractivity contribution in [2.45, 2.75) is 5.41 Å². The topological polar surface area (TPSA) is 0 Å². The fraction of sp³-hybridized carbons (Fsp3) is 0.0213. The maximum absolute atomic E-state index is 2.52. The molecule has 0 N–H and O–H groups in total. The van der Waals surface area contributed by atoms with Crippen molar-refractivity contribution in [2.75, 3.05) is 0 Å². The van der Waals surface area contributed by atoms with Crippen LogP contribution >= 0.6 is 0 Å². The molecule has 0 aromatic heterocycles. The van der Waals surface area contributed by atoms with Gasteiger partial charge in [-0.05, 0) is 123 Å². The molecule has 0 unspecified atom stereocenters. The Hall–Kier alpha value is -5.98. The quantitative estimate of drug-likeness (QED) is 0.166. The highest BCUT2D eigenvalue weighted by molar-refractivity contribution is 6.15. The SMILES string of the molecule is c1ccc2c(c1)-c1ccccc1C21c2cc3cc(-c4cc5ccccc5c5ccccc45)ccc3cc2-c2c1ccc1ccccc21. The fourth-order valence-electron chi connectivity index (χ4n) is 9.11. The first-order chi connectivity index (χ1) is 23.3. The van der Waals surface area contributed by atoms with Crippen molar-refractivity contribution >= 4 is 43.1 Å². The van der Waals surface area contributed by atoms with E-state index in [-0.39, 0.29) is 5.41 Å². The highest BCUT2D eigenvalue weighted by atomic mass is 14.5. The molecule has 0 atom stereocenters. The first-order valence-electron chi connectivity index (χ1n) is 16.5. The third-order valence-electron chi connectivity index (χ3n) is 11.0. The van der Waals surface area contributed by atoms with Crippen LogP contribution in [0.2, 0.25) is 0 Å². The van der Waals surface area contributed by atoms with E-state index in [1.165, 1.54) is 98.7 Å². The molecule has 0 heterocycles. The molecule has 0 bridgehead atoms. The molecule has 0 nitrogen and oxygen atoms in total. The molecule has 0 amide bonds. The largest absolute Gasteiger partial charge is 0.0725 e. The molecule has 2 aliphatic carbocycles. The highest BCUT2D eigenvalue weighted by Crippen LogP contribution is 2.64. The smallest absolute Gasteiger partial charge is 0.0619 e. The molecule has 216 valence electrons. The van der Waals surface area contributed by atoms with Crippen LogP contribution in [0.15, 0.2) is 170 Å². The molecule has 11 rings (SSSR count). The minimum atomic E-state index is -0.373. The molecule has 0 radical (unpaired) electrons. The van der Waals surface area contributed by atoms with Gasteiger partial charge in [0, 0.05) is 0 Å². The normalized spacial score (nSPS) is 13.7. The van der Waals surface area contributed by atoms with Crippen molar-refractivity contribution in [3.05, 3.63) is 192 Å². The van der Waals surface area contributed by atoms with Gasteiger partial charge in [-0.15, -0.1) is 0 Å². The second-order valence-electron chi connectivity index (χ2n) is 13.2. The Morgan fingerprint density at radius 3 is 1.66 bits per heavy atom. The van der Waals surface area contributed by atoms with Crippen LogP contribution < -0.4 is 0 Å². The summed E-state index contributed by atoms with van der Waals surface area (Å²) in [6.07, 6.45) is 0. The van der Waals surface area contributed by atoms with Gasteiger partial charge in [0.15, 0.2) is 0 Å². The van der Waals surface area contributed by atoms with Crippen LogP contribution in [0.4, 0.5) is 0 Å². The maximum Gasteiger partial charge on any atom is 0.0725 e. The van der Waals surface area contributed by atoms with Gasteiger partial charge in [-0.2, -0.15) is 0 Å². The van der Waals surface area contributed by atoms with E-state index in [1.54, 1.807) is 0 Å². The predicted molar refractivity (Wildman–Crippen MR) is 198 cm³/mol. The van der Waals surface area contributed by atoms with Crippen LogP contribution in [-0.2, 0) is 5.41 Å². The summed E-state index contributed by atoms with van der Waals surface area (Å²) in [7, 11) is 0. The maximum atomic E-state index is 2.52. The van der Waals surface area contributed by atoms with Crippen molar-refractivity contribution in [3.63, 3.8) is 0 Å². The summed E-state index contributed by atoms with van der Waals surface area (Å²) in [6.45, 7) is 0. The van der Waals surface area contributed by atoms with E-state index in [0.717, 1.165) is 0 Å². The lowest BCUT2D eigenvalue weighted by Crippen LogP contribution is -2.25. The number of fused-ring (bicyclic) bond motifs is 16. The Bertz CT molecular complexity index is 2750. The summed E-state index contributed by atoms with van der Waals surface area (Å²) in [4.78, 5) is 0. The van der Waals surface area contributed by atoms with Crippen LogP contribution in [0.25, 0.3) is 76.5 Å². The summed E-state index contributed by atoms with van der Waals surface area (Å²) in [6, 6.07) is 63.8. The third-order valence-corrected chi connectivity index (χ3v) is 11.0. The Morgan fingerprint density at radius 1 is 0.277 bits per heavy atom. The lowest BCUT2D eigenvalue weighted by atomic mass is 9.70. The first kappa shape index (κ1) is 25.2. The van der Waals surface area contributed by atoms with Crippen molar-refractivity contribution in [1.29, 1.82) is 0 Å². The monoisotopic (exact) mass is 592 g/mol. The minimum Gasteiger partial charge on any atom is -0.0619 e. The van der Waals surface area contributed by atoms with Crippen molar-refractivity contribution in [3.8, 4) is 33.4 Å². The van der Waals surface area contributed by atoms with Gasteiger partial charge in [0.1, 0.15) is 0 Å². The average molecular weight is 593 g/mol. The number of rotatable bonds is 1. The summed E-state index contributed by atoms with van der Waals surface area (Å²) < 4.78 is 0. The van der Waals surface area contributed by atoms with Gasteiger partial charge in [-0.25, -0.2) is 0 Å². The highest BCUT2D eigenvalue weighted by Gasteiger charge is 2.52. The first-order valence-corrected chi connectivity index (χ1v) is 16.5. The summed E-state index contributed by atoms with van der Waals surface area (Å²) in [5.74, 6) is 0. The standard InChI is InChI=1S/C47H28/c1-4-14-35-29(11-1)23-24-44-46(35)41-26-30-21-22-32(40-27-31-12-2-3-13-34(31)36-15-5-6-16-37(36)40)25-33(30)28-45(41)47(44)42-19-9-7-17-38(42)39-18-8-10-20-43(39)47/h1-28H. The second-order valence-corrected chi connectivity index (χ2v) is 13.2. The van der Waals surface area contributed by atoms with Gasteiger partial charge in [0.25, 0.3) is 0 Å². The van der Waals surface area contributed by atoms with E-state index in [4.69, 9.17) is 0 Å². The van der Waals surface area contributed by atoms with E-state index >= 15 is 0 Å². The average Bonchev–Trinajstić information content (AvgIpc) is 3.60. The van der Waals surface area contributed by atoms with Crippen LogP contribution in [-0.4, -0.2) is 0 Å². The van der Waals surface area contributed by atoms with Gasteiger partial charge >= 0.3 is 0 Å². The number of benzene rings is 9. The molecule has 9 aromatic carbocycles. The molecule has 0 saturated heterocycles. The van der Waals surface area contributed by atoms with Crippen molar-refractivity contribution in [1.82, 2.24) is 0 Å². The predicted octanol–water partition coefficient (Wildman–Crippen LogP) is 12.3. The third kappa shape index (κ3) is 3.17. The van der Waals surface area contributed by atoms with Gasteiger partial charge in [0.05, 0.1) is 5.41 Å². The molecule has 0 heteroatoms. The Morgan fingerprint density at radius 2 is 0.872 bits per heavy atom. The molecule has 47 heavy (non-hydrogen) atoms. The van der Waals surface area contributed by atoms with Gasteiger partial charge in [-0.1, -0.05) is 146 Å². The van der Waals surface area contributed by atoms with E-state index in [2.05, 4.69) is 170 Å². The zero-order valence-corrected chi connectivity index (χ0v) is 25.7. The van der Waals surface area contributed by atoms with Gasteiger partial charge in [-0.3, -0.25) is 0 Å². The minimum absolute atomic E-state index is 0.373. The van der Waals surface area contributed by atoms with Crippen molar-refractivity contribution in [2.24, 2.45) is 0 Å². The molecule has 0 aliphatic heterocycles. The van der Waals surface area contributed by atoms with Gasteiger partial charge < -0.3 is 0 Å². The molecule has 0 saturated carbocycles. The molecule has 2 aliphatic rings. The van der Waals surface area contributed by atoms with Crippen LogP contribution in [0.1, 0.15) is 22.3 Å². The van der Waals surface area contributed by atoms with E-state index in [1.807, 2.05) is 0 Å². The van der Waals surface area contributed by atoms with E-state index in [9.17, 15) is 0 Å². The number of hydrogen-bond donors (Lipinski definition) is 0. The lowest BCUT2D eigenvalue weighted by Gasteiger charge is -2.30. The molecule has 9 aromatic rings. The van der Waals surface area contributed by atoms with Crippen LogP contribution in [0.3, 0.4) is 0 Å². The second kappa shape index (κ2) is 9.06. The molecular formula is C47H28. The summed E-state index contributed by atoms with van der Waals surface area (Å²) in [5.41, 5.74) is 13.1. The summed E-state index contributed by atoms with van der Waals surface area (Å²) in [5, 5.41) is 10.3. The lowest BCUT2D eigenvalue weighted by molar-refractivity contribution is 0.795. The Labute approximate surface area is 273 Å². The Balaban J connectivity index is 1.25. The Kier molecular flexibility index (Phi) is 4.86. The van der Waals surface area contributed by atoms with Crippen molar-refractivity contribution < 1.29 is 0 Å². The molecular weight excluding hydrogens is 565 g/mol. The zero-order valence-electron chi connectivity index (χ0n) is 25.7. The van der Waals surface area contributed by atoms with E-state index < -0.39 is 0 Å². The fourth-order valence-corrected chi connectivity index (χ4v) is 9.11. The van der Waals surface area contributed by atoms with Crippen LogP contribution in [0, 0.1) is 0 Å². The molecule has 1 spiro atoms. The van der Waals surface area contributed by atoms with E-state index in [0.29, 0.717) is 0 Å².